The normalized spacial score (nSPS) is 20.3. The van der Waals surface area contributed by atoms with Crippen molar-refractivity contribution in [3.63, 3.8) is 0 Å². The van der Waals surface area contributed by atoms with Gasteiger partial charge in [0.1, 0.15) is 5.82 Å². The van der Waals surface area contributed by atoms with Crippen molar-refractivity contribution in [2.24, 2.45) is 11.7 Å². The van der Waals surface area contributed by atoms with Crippen LogP contribution in [0.4, 0.5) is 4.39 Å². The molecule has 0 aliphatic carbocycles. The quantitative estimate of drug-likeness (QED) is 0.892. The van der Waals surface area contributed by atoms with Crippen molar-refractivity contribution in [1.82, 2.24) is 4.90 Å². The van der Waals surface area contributed by atoms with Gasteiger partial charge in [-0.1, -0.05) is 13.0 Å². The summed E-state index contributed by atoms with van der Waals surface area (Å²) in [5, 5.41) is 0. The summed E-state index contributed by atoms with van der Waals surface area (Å²) in [5.74, 6) is -0.0400. The fourth-order valence-corrected chi connectivity index (χ4v) is 2.44. The molecule has 0 spiro atoms. The molecular weight excluding hydrogens is 231 g/mol. The van der Waals surface area contributed by atoms with Crippen molar-refractivity contribution >= 4 is 5.91 Å². The van der Waals surface area contributed by atoms with Crippen LogP contribution in [0.5, 0.6) is 0 Å². The van der Waals surface area contributed by atoms with Crippen LogP contribution in [0.2, 0.25) is 0 Å². The summed E-state index contributed by atoms with van der Waals surface area (Å²) in [4.78, 5) is 13.8. The molecule has 3 nitrogen and oxygen atoms in total. The lowest BCUT2D eigenvalue weighted by Gasteiger charge is -2.31. The molecule has 1 unspecified atom stereocenters. The maximum absolute atomic E-state index is 13.3. The summed E-state index contributed by atoms with van der Waals surface area (Å²) in [6.45, 7) is 3.54. The molecule has 1 aromatic rings. The molecule has 1 aromatic carbocycles. The first-order valence-electron chi connectivity index (χ1n) is 6.38. The van der Waals surface area contributed by atoms with Crippen LogP contribution < -0.4 is 5.73 Å². The Kier molecular flexibility index (Phi) is 3.97. The van der Waals surface area contributed by atoms with E-state index in [0.717, 1.165) is 30.5 Å². The van der Waals surface area contributed by atoms with Crippen LogP contribution in [0.25, 0.3) is 0 Å². The Balaban J connectivity index is 2.17. The van der Waals surface area contributed by atoms with Crippen molar-refractivity contribution in [3.05, 3.63) is 35.1 Å². The van der Waals surface area contributed by atoms with Crippen LogP contribution in [0.1, 0.15) is 30.9 Å². The Hall–Kier alpha value is -1.42. The van der Waals surface area contributed by atoms with Crippen LogP contribution in [-0.4, -0.2) is 17.4 Å². The standard InChI is InChI=1S/C14H19FN2O/c1-10-3-2-6-17(14(10)18)9-12-7-13(15)5-4-11(12)8-16/h4-5,7,10H,2-3,6,8-9,16H2,1H3. The van der Waals surface area contributed by atoms with Gasteiger partial charge in [-0.2, -0.15) is 0 Å². The van der Waals surface area contributed by atoms with E-state index in [4.69, 9.17) is 5.73 Å². The fraction of sp³-hybridized carbons (Fsp3) is 0.500. The summed E-state index contributed by atoms with van der Waals surface area (Å²) < 4.78 is 13.3. The number of likely N-dealkylation sites (tertiary alicyclic amines) is 1. The lowest BCUT2D eigenvalue weighted by Crippen LogP contribution is -2.39. The Bertz CT molecular complexity index is 447. The molecule has 0 saturated carbocycles. The highest BCUT2D eigenvalue weighted by Crippen LogP contribution is 2.21. The third-order valence-corrected chi connectivity index (χ3v) is 3.55. The molecule has 1 aliphatic rings. The lowest BCUT2D eigenvalue weighted by molar-refractivity contribution is -0.138. The van der Waals surface area contributed by atoms with Gasteiger partial charge in [0.05, 0.1) is 0 Å². The molecule has 1 fully saturated rings. The van der Waals surface area contributed by atoms with Crippen LogP contribution >= 0.6 is 0 Å². The minimum Gasteiger partial charge on any atom is -0.338 e. The van der Waals surface area contributed by atoms with Gasteiger partial charge in [0.25, 0.3) is 0 Å². The second-order valence-corrected chi connectivity index (χ2v) is 4.92. The molecule has 0 bridgehead atoms. The summed E-state index contributed by atoms with van der Waals surface area (Å²) in [5.41, 5.74) is 7.37. The van der Waals surface area contributed by atoms with E-state index in [1.54, 1.807) is 6.07 Å². The van der Waals surface area contributed by atoms with Gasteiger partial charge in [-0.15, -0.1) is 0 Å². The first kappa shape index (κ1) is 13.0. The molecule has 1 heterocycles. The zero-order valence-electron chi connectivity index (χ0n) is 10.7. The van der Waals surface area contributed by atoms with E-state index in [2.05, 4.69) is 0 Å². The molecule has 1 amide bonds. The van der Waals surface area contributed by atoms with E-state index >= 15 is 0 Å². The predicted molar refractivity (Wildman–Crippen MR) is 68.1 cm³/mol. The van der Waals surface area contributed by atoms with Crippen LogP contribution in [0, 0.1) is 11.7 Å². The van der Waals surface area contributed by atoms with Crippen molar-refractivity contribution in [2.45, 2.75) is 32.9 Å². The Labute approximate surface area is 107 Å². The van der Waals surface area contributed by atoms with Gasteiger partial charge in [0.15, 0.2) is 0 Å². The van der Waals surface area contributed by atoms with E-state index in [-0.39, 0.29) is 17.6 Å². The average molecular weight is 250 g/mol. The predicted octanol–water partition coefficient (Wildman–Crippen LogP) is 2.04. The number of hydrogen-bond acceptors (Lipinski definition) is 2. The van der Waals surface area contributed by atoms with Gasteiger partial charge in [-0.3, -0.25) is 4.79 Å². The maximum atomic E-state index is 13.3. The SMILES string of the molecule is CC1CCCN(Cc2cc(F)ccc2CN)C1=O. The average Bonchev–Trinajstić information content (AvgIpc) is 2.35. The smallest absolute Gasteiger partial charge is 0.225 e. The first-order valence-corrected chi connectivity index (χ1v) is 6.38. The molecule has 98 valence electrons. The number of hydrogen-bond donors (Lipinski definition) is 1. The number of nitrogens with zero attached hydrogens (tertiary/aromatic N) is 1. The summed E-state index contributed by atoms with van der Waals surface area (Å²) >= 11 is 0. The largest absolute Gasteiger partial charge is 0.338 e. The first-order chi connectivity index (χ1) is 8.61. The number of amides is 1. The lowest BCUT2D eigenvalue weighted by atomic mass is 9.98. The number of piperidine rings is 1. The van der Waals surface area contributed by atoms with E-state index in [1.807, 2.05) is 11.8 Å². The second kappa shape index (κ2) is 5.48. The number of halogens is 1. The molecule has 2 rings (SSSR count). The van der Waals surface area contributed by atoms with E-state index in [1.165, 1.54) is 12.1 Å². The topological polar surface area (TPSA) is 46.3 Å². The molecule has 1 aliphatic heterocycles. The van der Waals surface area contributed by atoms with Gasteiger partial charge in [0, 0.05) is 25.6 Å². The second-order valence-electron chi connectivity index (χ2n) is 4.92. The summed E-state index contributed by atoms with van der Waals surface area (Å²) in [7, 11) is 0. The summed E-state index contributed by atoms with van der Waals surface area (Å²) in [6.07, 6.45) is 1.96. The molecular formula is C14H19FN2O. The molecule has 2 N–H and O–H groups in total. The number of rotatable bonds is 3. The van der Waals surface area contributed by atoms with E-state index in [9.17, 15) is 9.18 Å². The highest BCUT2D eigenvalue weighted by atomic mass is 19.1. The highest BCUT2D eigenvalue weighted by molar-refractivity contribution is 5.79. The van der Waals surface area contributed by atoms with Gasteiger partial charge < -0.3 is 10.6 Å². The van der Waals surface area contributed by atoms with Crippen molar-refractivity contribution in [2.75, 3.05) is 6.54 Å². The molecule has 1 atom stereocenters. The minimum atomic E-state index is -0.278. The number of carbonyl (C=O) groups is 1. The van der Waals surface area contributed by atoms with Crippen LogP contribution in [0.3, 0.4) is 0 Å². The molecule has 0 aromatic heterocycles. The van der Waals surface area contributed by atoms with Crippen LogP contribution in [0.15, 0.2) is 18.2 Å². The Morgan fingerprint density at radius 1 is 1.44 bits per heavy atom. The third-order valence-electron chi connectivity index (χ3n) is 3.55. The van der Waals surface area contributed by atoms with Gasteiger partial charge >= 0.3 is 0 Å². The number of benzene rings is 1. The van der Waals surface area contributed by atoms with E-state index in [0.29, 0.717) is 13.1 Å². The zero-order chi connectivity index (χ0) is 13.1. The highest BCUT2D eigenvalue weighted by Gasteiger charge is 2.25. The van der Waals surface area contributed by atoms with Crippen molar-refractivity contribution < 1.29 is 9.18 Å². The van der Waals surface area contributed by atoms with Crippen LogP contribution in [-0.2, 0) is 17.9 Å². The van der Waals surface area contributed by atoms with Crippen molar-refractivity contribution in [3.8, 4) is 0 Å². The Morgan fingerprint density at radius 2 is 2.22 bits per heavy atom. The molecule has 18 heavy (non-hydrogen) atoms. The molecule has 4 heteroatoms. The monoisotopic (exact) mass is 250 g/mol. The zero-order valence-corrected chi connectivity index (χ0v) is 10.7. The minimum absolute atomic E-state index is 0.0774. The van der Waals surface area contributed by atoms with Crippen molar-refractivity contribution in [1.29, 1.82) is 0 Å². The maximum Gasteiger partial charge on any atom is 0.225 e. The molecule has 1 saturated heterocycles. The third kappa shape index (κ3) is 2.70. The van der Waals surface area contributed by atoms with Gasteiger partial charge in [-0.25, -0.2) is 4.39 Å². The summed E-state index contributed by atoms with van der Waals surface area (Å²) in [6, 6.07) is 4.59. The van der Waals surface area contributed by atoms with E-state index < -0.39 is 0 Å². The molecule has 0 radical (unpaired) electrons. The number of nitrogens with two attached hydrogens (primary N) is 1. The van der Waals surface area contributed by atoms with Gasteiger partial charge in [0.2, 0.25) is 5.91 Å². The fourth-order valence-electron chi connectivity index (χ4n) is 2.44. The number of carbonyl (C=O) groups excluding carboxylic acids is 1. The van der Waals surface area contributed by atoms with Gasteiger partial charge in [-0.05, 0) is 36.1 Å². The Morgan fingerprint density at radius 3 is 2.94 bits per heavy atom.